The number of hydrogen-bond acceptors (Lipinski definition) is 4. The Kier molecular flexibility index (Phi) is 2.85. The Bertz CT molecular complexity index is 683. The van der Waals surface area contributed by atoms with Crippen molar-refractivity contribution < 1.29 is 0 Å². The van der Waals surface area contributed by atoms with Crippen LogP contribution >= 0.6 is 11.3 Å². The van der Waals surface area contributed by atoms with E-state index >= 15 is 0 Å². The number of aromatic nitrogens is 3. The molecule has 2 heterocycles. The number of nitrogens with zero attached hydrogens (tertiary/aromatic N) is 3. The van der Waals surface area contributed by atoms with Crippen LogP contribution in [-0.2, 0) is 13.5 Å². The predicted octanol–water partition coefficient (Wildman–Crippen LogP) is 2.20. The molecule has 0 saturated heterocycles. The second-order valence-corrected chi connectivity index (χ2v) is 5.17. The molecule has 3 rings (SSSR count). The molecule has 92 valence electrons. The molecule has 0 aliphatic rings. The third-order valence-electron chi connectivity index (χ3n) is 2.93. The lowest BCUT2D eigenvalue weighted by Crippen LogP contribution is -2.01. The lowest BCUT2D eigenvalue weighted by molar-refractivity contribution is 0.947. The van der Waals surface area contributed by atoms with E-state index in [1.807, 2.05) is 17.9 Å². The van der Waals surface area contributed by atoms with E-state index < -0.39 is 0 Å². The maximum Gasteiger partial charge on any atom is 0.0955 e. The molecule has 0 amide bonds. The number of rotatable bonds is 3. The molecule has 3 aromatic rings. The molecule has 0 fully saturated rings. The van der Waals surface area contributed by atoms with Gasteiger partial charge in [0.1, 0.15) is 0 Å². The van der Waals surface area contributed by atoms with Gasteiger partial charge in [-0.1, -0.05) is 6.07 Å². The van der Waals surface area contributed by atoms with Gasteiger partial charge in [0.25, 0.3) is 0 Å². The van der Waals surface area contributed by atoms with Crippen LogP contribution in [0.15, 0.2) is 29.9 Å². The van der Waals surface area contributed by atoms with Crippen LogP contribution < -0.4 is 5.73 Å². The molecule has 0 aliphatic carbocycles. The molecule has 4 nitrogen and oxygen atoms in total. The van der Waals surface area contributed by atoms with E-state index in [-0.39, 0.29) is 0 Å². The van der Waals surface area contributed by atoms with Gasteiger partial charge in [0.15, 0.2) is 0 Å². The maximum absolute atomic E-state index is 5.54. The van der Waals surface area contributed by atoms with Crippen molar-refractivity contribution in [2.45, 2.75) is 6.42 Å². The van der Waals surface area contributed by atoms with Crippen LogP contribution in [0.25, 0.3) is 22.3 Å². The van der Waals surface area contributed by atoms with Gasteiger partial charge in [-0.2, -0.15) is 0 Å². The van der Waals surface area contributed by atoms with Gasteiger partial charge >= 0.3 is 0 Å². The Morgan fingerprint density at radius 3 is 3.11 bits per heavy atom. The van der Waals surface area contributed by atoms with E-state index in [0.29, 0.717) is 6.54 Å². The molecule has 2 N–H and O–H groups in total. The zero-order chi connectivity index (χ0) is 12.5. The summed E-state index contributed by atoms with van der Waals surface area (Å²) in [6.45, 7) is 0.645. The first-order chi connectivity index (χ1) is 8.78. The van der Waals surface area contributed by atoms with Crippen molar-refractivity contribution in [1.29, 1.82) is 0 Å². The second kappa shape index (κ2) is 4.51. The van der Waals surface area contributed by atoms with Gasteiger partial charge in [0, 0.05) is 24.4 Å². The van der Waals surface area contributed by atoms with E-state index in [9.17, 15) is 0 Å². The van der Waals surface area contributed by atoms with Crippen molar-refractivity contribution in [3.63, 3.8) is 0 Å². The van der Waals surface area contributed by atoms with Gasteiger partial charge in [-0.3, -0.25) is 0 Å². The molecule has 0 atom stereocenters. The Morgan fingerprint density at radius 1 is 1.39 bits per heavy atom. The van der Waals surface area contributed by atoms with Crippen LogP contribution in [0.1, 0.15) is 5.01 Å². The Labute approximate surface area is 109 Å². The summed E-state index contributed by atoms with van der Waals surface area (Å²) in [5.41, 5.74) is 9.80. The molecule has 0 bridgehead atoms. The molecule has 0 radical (unpaired) electrons. The highest BCUT2D eigenvalue weighted by molar-refractivity contribution is 7.09. The van der Waals surface area contributed by atoms with Crippen molar-refractivity contribution in [1.82, 2.24) is 14.5 Å². The minimum Gasteiger partial charge on any atom is -0.334 e. The normalized spacial score (nSPS) is 11.2. The van der Waals surface area contributed by atoms with Crippen molar-refractivity contribution >= 4 is 22.4 Å². The average Bonchev–Trinajstić information content (AvgIpc) is 2.97. The van der Waals surface area contributed by atoms with Gasteiger partial charge < -0.3 is 10.3 Å². The quantitative estimate of drug-likeness (QED) is 0.783. The number of fused-ring (bicyclic) bond motifs is 1. The zero-order valence-corrected chi connectivity index (χ0v) is 10.9. The fourth-order valence-electron chi connectivity index (χ4n) is 1.98. The zero-order valence-electron chi connectivity index (χ0n) is 10.1. The van der Waals surface area contributed by atoms with Crippen LogP contribution in [-0.4, -0.2) is 21.1 Å². The van der Waals surface area contributed by atoms with Gasteiger partial charge in [0.05, 0.1) is 28.1 Å². The molecule has 1 aromatic carbocycles. The van der Waals surface area contributed by atoms with E-state index in [4.69, 9.17) is 5.73 Å². The summed E-state index contributed by atoms with van der Waals surface area (Å²) in [6.07, 6.45) is 2.67. The summed E-state index contributed by atoms with van der Waals surface area (Å²) >= 11 is 1.66. The fraction of sp³-hybridized carbons (Fsp3) is 0.231. The van der Waals surface area contributed by atoms with E-state index in [1.54, 1.807) is 11.3 Å². The Balaban J connectivity index is 2.02. The van der Waals surface area contributed by atoms with E-state index in [1.165, 1.54) is 0 Å². The summed E-state index contributed by atoms with van der Waals surface area (Å²) in [7, 11) is 2.00. The summed E-state index contributed by atoms with van der Waals surface area (Å²) in [4.78, 5) is 8.95. The van der Waals surface area contributed by atoms with Crippen LogP contribution in [0.2, 0.25) is 0 Å². The molecule has 18 heavy (non-hydrogen) atoms. The summed E-state index contributed by atoms with van der Waals surface area (Å²) in [5.74, 6) is 0. The van der Waals surface area contributed by atoms with Crippen molar-refractivity contribution in [2.75, 3.05) is 6.54 Å². The average molecular weight is 258 g/mol. The number of aryl methyl sites for hydroxylation is 1. The molecule has 0 saturated carbocycles. The van der Waals surface area contributed by atoms with Crippen LogP contribution in [0.4, 0.5) is 0 Å². The van der Waals surface area contributed by atoms with Gasteiger partial charge in [-0.25, -0.2) is 9.97 Å². The van der Waals surface area contributed by atoms with Crippen LogP contribution in [0.5, 0.6) is 0 Å². The first-order valence-corrected chi connectivity index (χ1v) is 6.72. The number of nitrogens with two attached hydrogens (primary N) is 1. The largest absolute Gasteiger partial charge is 0.334 e. The summed E-state index contributed by atoms with van der Waals surface area (Å²) in [6, 6.07) is 6.25. The molecular weight excluding hydrogens is 244 g/mol. The standard InChI is InChI=1S/C13H14N4S/c1-17-8-15-10-6-9(2-3-12(10)17)11-7-18-13(16-11)4-5-14/h2-3,6-8H,4-5,14H2,1H3. The number of imidazole rings is 1. The van der Waals surface area contributed by atoms with Crippen molar-refractivity contribution in [3.8, 4) is 11.3 Å². The molecular formula is C13H14N4S. The molecule has 0 spiro atoms. The Hall–Kier alpha value is -1.72. The highest BCUT2D eigenvalue weighted by Crippen LogP contribution is 2.25. The maximum atomic E-state index is 5.54. The van der Waals surface area contributed by atoms with Gasteiger partial charge in [0.2, 0.25) is 0 Å². The van der Waals surface area contributed by atoms with Crippen LogP contribution in [0.3, 0.4) is 0 Å². The smallest absolute Gasteiger partial charge is 0.0955 e. The second-order valence-electron chi connectivity index (χ2n) is 4.22. The summed E-state index contributed by atoms with van der Waals surface area (Å²) < 4.78 is 2.01. The topological polar surface area (TPSA) is 56.7 Å². The van der Waals surface area contributed by atoms with Crippen LogP contribution in [0, 0.1) is 0 Å². The molecule has 0 unspecified atom stereocenters. The highest BCUT2D eigenvalue weighted by Gasteiger charge is 2.06. The Morgan fingerprint density at radius 2 is 2.28 bits per heavy atom. The first kappa shape index (κ1) is 11.4. The highest BCUT2D eigenvalue weighted by atomic mass is 32.1. The lowest BCUT2D eigenvalue weighted by Gasteiger charge is -1.98. The third-order valence-corrected chi connectivity index (χ3v) is 3.84. The SMILES string of the molecule is Cn1cnc2cc(-c3csc(CCN)n3)ccc21. The number of thiazole rings is 1. The molecule has 5 heteroatoms. The monoisotopic (exact) mass is 258 g/mol. The summed E-state index contributed by atoms with van der Waals surface area (Å²) in [5, 5.41) is 3.17. The first-order valence-electron chi connectivity index (χ1n) is 5.84. The molecule has 2 aromatic heterocycles. The van der Waals surface area contributed by atoms with E-state index in [0.717, 1.165) is 33.7 Å². The third kappa shape index (κ3) is 1.91. The van der Waals surface area contributed by atoms with Crippen molar-refractivity contribution in [2.24, 2.45) is 12.8 Å². The minimum atomic E-state index is 0.645. The lowest BCUT2D eigenvalue weighted by atomic mass is 10.1. The number of benzene rings is 1. The molecule has 0 aliphatic heterocycles. The minimum absolute atomic E-state index is 0.645. The fourth-order valence-corrected chi connectivity index (χ4v) is 2.80. The van der Waals surface area contributed by atoms with Gasteiger partial charge in [-0.05, 0) is 18.7 Å². The van der Waals surface area contributed by atoms with Crippen molar-refractivity contribution in [3.05, 3.63) is 34.9 Å². The predicted molar refractivity (Wildman–Crippen MR) is 74.6 cm³/mol. The number of hydrogen-bond donors (Lipinski definition) is 1. The van der Waals surface area contributed by atoms with Gasteiger partial charge in [-0.15, -0.1) is 11.3 Å². The van der Waals surface area contributed by atoms with E-state index in [2.05, 4.69) is 33.5 Å².